The Morgan fingerprint density at radius 1 is 1.08 bits per heavy atom. The van der Waals surface area contributed by atoms with Crippen LogP contribution in [0.4, 0.5) is 0 Å². The maximum absolute atomic E-state index is 13.2. The first-order chi connectivity index (χ1) is 17.6. The lowest BCUT2D eigenvalue weighted by atomic mass is 9.99. The molecule has 0 aliphatic carbocycles. The predicted molar refractivity (Wildman–Crippen MR) is 143 cm³/mol. The van der Waals surface area contributed by atoms with Crippen molar-refractivity contribution in [3.8, 4) is 16.9 Å². The number of nitrogens with zero attached hydrogens (tertiary/aromatic N) is 3. The molecule has 1 amide bonds. The van der Waals surface area contributed by atoms with Crippen LogP contribution < -0.4 is 4.74 Å². The minimum absolute atomic E-state index is 0.0338. The smallest absolute Gasteiger partial charge is 0.246 e. The van der Waals surface area contributed by atoms with Crippen LogP contribution in [-0.4, -0.2) is 53.5 Å². The van der Waals surface area contributed by atoms with E-state index < -0.39 is 0 Å². The number of carbonyl (C=O) groups excluding carboxylic acids is 1. The Morgan fingerprint density at radius 2 is 1.89 bits per heavy atom. The minimum atomic E-state index is 0.0338. The summed E-state index contributed by atoms with van der Waals surface area (Å²) in [6, 6.07) is 18.2. The van der Waals surface area contributed by atoms with E-state index in [1.807, 2.05) is 55.3 Å². The van der Waals surface area contributed by atoms with Crippen LogP contribution in [0.25, 0.3) is 27.7 Å². The molecule has 1 aliphatic rings. The fourth-order valence-electron chi connectivity index (χ4n) is 4.71. The summed E-state index contributed by atoms with van der Waals surface area (Å²) in [5, 5.41) is 1.00. The third-order valence-corrected chi connectivity index (χ3v) is 6.64. The van der Waals surface area contributed by atoms with Crippen molar-refractivity contribution in [2.24, 2.45) is 0 Å². The summed E-state index contributed by atoms with van der Waals surface area (Å²) in [6.45, 7) is 8.43. The van der Waals surface area contributed by atoms with Gasteiger partial charge in [0.05, 0.1) is 12.9 Å². The van der Waals surface area contributed by atoms with E-state index in [4.69, 9.17) is 9.15 Å². The molecule has 0 saturated carbocycles. The Balaban J connectivity index is 1.35. The Hall–Kier alpha value is -3.90. The van der Waals surface area contributed by atoms with Crippen molar-refractivity contribution >= 4 is 22.4 Å². The molecule has 5 rings (SSSR count). The normalized spacial score (nSPS) is 14.8. The molecule has 0 unspecified atom stereocenters. The van der Waals surface area contributed by atoms with Gasteiger partial charge in [0.15, 0.2) is 0 Å². The van der Waals surface area contributed by atoms with Crippen LogP contribution in [0.2, 0.25) is 0 Å². The van der Waals surface area contributed by atoms with Crippen molar-refractivity contribution in [3.05, 3.63) is 90.5 Å². The standard InChI is InChI=1S/C30H31N3O3/c1-3-35-28-18-29-26(27(21-36-29)24-9-5-4-6-10-24)17-25(28)22(2)16-30(34)33-14-12-32(13-15-33)20-23-8-7-11-31-19-23/h4-11,16-19,21H,3,12-15,20H2,1-2H3/b22-16+. The van der Waals surface area contributed by atoms with Gasteiger partial charge in [-0.15, -0.1) is 0 Å². The van der Waals surface area contributed by atoms with Crippen molar-refractivity contribution in [2.75, 3.05) is 32.8 Å². The highest BCUT2D eigenvalue weighted by molar-refractivity contribution is 6.00. The van der Waals surface area contributed by atoms with E-state index in [0.717, 1.165) is 58.6 Å². The number of hydrogen-bond acceptors (Lipinski definition) is 5. The molecule has 1 fully saturated rings. The average Bonchev–Trinajstić information content (AvgIpc) is 3.33. The first-order valence-corrected chi connectivity index (χ1v) is 12.4. The molecule has 6 nitrogen and oxygen atoms in total. The molecule has 2 aromatic heterocycles. The number of furan rings is 1. The lowest BCUT2D eigenvalue weighted by molar-refractivity contribution is -0.127. The molecule has 184 valence electrons. The summed E-state index contributed by atoms with van der Waals surface area (Å²) in [4.78, 5) is 21.7. The average molecular weight is 482 g/mol. The van der Waals surface area contributed by atoms with Crippen LogP contribution in [-0.2, 0) is 11.3 Å². The highest BCUT2D eigenvalue weighted by Gasteiger charge is 2.21. The third kappa shape index (κ3) is 5.19. The lowest BCUT2D eigenvalue weighted by Crippen LogP contribution is -2.47. The van der Waals surface area contributed by atoms with Crippen molar-refractivity contribution < 1.29 is 13.9 Å². The molecule has 0 radical (unpaired) electrons. The molecule has 1 saturated heterocycles. The zero-order valence-electron chi connectivity index (χ0n) is 20.8. The van der Waals surface area contributed by atoms with Crippen LogP contribution in [0.3, 0.4) is 0 Å². The Morgan fingerprint density at radius 3 is 2.61 bits per heavy atom. The summed E-state index contributed by atoms with van der Waals surface area (Å²) in [7, 11) is 0. The van der Waals surface area contributed by atoms with Gasteiger partial charge in [-0.3, -0.25) is 14.7 Å². The summed E-state index contributed by atoms with van der Waals surface area (Å²) in [5.41, 5.74) is 5.87. The van der Waals surface area contributed by atoms with E-state index in [1.54, 1.807) is 18.5 Å². The predicted octanol–water partition coefficient (Wildman–Crippen LogP) is 5.64. The van der Waals surface area contributed by atoms with Crippen LogP contribution in [0.1, 0.15) is 25.0 Å². The first-order valence-electron chi connectivity index (χ1n) is 12.4. The number of hydrogen-bond donors (Lipinski definition) is 0. The molecule has 3 heterocycles. The largest absolute Gasteiger partial charge is 0.493 e. The Labute approximate surface area is 211 Å². The van der Waals surface area contributed by atoms with Gasteiger partial charge in [-0.25, -0.2) is 0 Å². The van der Waals surface area contributed by atoms with Crippen molar-refractivity contribution in [1.82, 2.24) is 14.8 Å². The number of allylic oxidation sites excluding steroid dienone is 1. The first kappa shape index (κ1) is 23.8. The van der Waals surface area contributed by atoms with E-state index in [9.17, 15) is 4.79 Å². The lowest BCUT2D eigenvalue weighted by Gasteiger charge is -2.34. The second-order valence-corrected chi connectivity index (χ2v) is 9.08. The van der Waals surface area contributed by atoms with Crippen LogP contribution in [0, 0.1) is 0 Å². The summed E-state index contributed by atoms with van der Waals surface area (Å²) >= 11 is 0. The van der Waals surface area contributed by atoms with Gasteiger partial charge in [0.1, 0.15) is 11.3 Å². The summed E-state index contributed by atoms with van der Waals surface area (Å²) in [6.07, 6.45) is 7.22. The number of piperazine rings is 1. The van der Waals surface area contributed by atoms with Gasteiger partial charge in [0.25, 0.3) is 0 Å². The number of benzene rings is 2. The van der Waals surface area contributed by atoms with Crippen molar-refractivity contribution in [2.45, 2.75) is 20.4 Å². The fraction of sp³-hybridized carbons (Fsp3) is 0.267. The second kappa shape index (κ2) is 10.8. The number of amides is 1. The molecule has 0 N–H and O–H groups in total. The number of ether oxygens (including phenoxy) is 1. The molecule has 0 spiro atoms. The van der Waals surface area contributed by atoms with Crippen molar-refractivity contribution in [1.29, 1.82) is 0 Å². The van der Waals surface area contributed by atoms with Gasteiger partial charge >= 0.3 is 0 Å². The van der Waals surface area contributed by atoms with Gasteiger partial charge in [0.2, 0.25) is 5.91 Å². The van der Waals surface area contributed by atoms with Gasteiger partial charge in [-0.1, -0.05) is 36.4 Å². The monoisotopic (exact) mass is 481 g/mol. The molecule has 0 atom stereocenters. The van der Waals surface area contributed by atoms with E-state index >= 15 is 0 Å². The molecular formula is C30H31N3O3. The fourth-order valence-corrected chi connectivity index (χ4v) is 4.71. The highest BCUT2D eigenvalue weighted by Crippen LogP contribution is 2.37. The molecule has 1 aliphatic heterocycles. The Kier molecular flexibility index (Phi) is 7.14. The molecular weight excluding hydrogens is 450 g/mol. The van der Waals surface area contributed by atoms with Crippen LogP contribution in [0.5, 0.6) is 5.75 Å². The number of aromatic nitrogens is 1. The molecule has 36 heavy (non-hydrogen) atoms. The van der Waals surface area contributed by atoms with Crippen molar-refractivity contribution in [3.63, 3.8) is 0 Å². The van der Waals surface area contributed by atoms with E-state index in [1.165, 1.54) is 5.56 Å². The van der Waals surface area contributed by atoms with E-state index in [0.29, 0.717) is 19.7 Å². The SMILES string of the molecule is CCOc1cc2occ(-c3ccccc3)c2cc1/C(C)=C/C(=O)N1CCN(Cc2cccnc2)CC1. The second-order valence-electron chi connectivity index (χ2n) is 9.08. The quantitative estimate of drug-likeness (QED) is 0.320. The van der Waals surface area contributed by atoms with E-state index in [2.05, 4.69) is 34.1 Å². The summed E-state index contributed by atoms with van der Waals surface area (Å²) in [5.74, 6) is 0.758. The Bertz CT molecular complexity index is 1350. The maximum Gasteiger partial charge on any atom is 0.246 e. The molecule has 0 bridgehead atoms. The molecule has 4 aromatic rings. The molecule has 2 aromatic carbocycles. The number of pyridine rings is 1. The minimum Gasteiger partial charge on any atom is -0.493 e. The highest BCUT2D eigenvalue weighted by atomic mass is 16.5. The molecule has 6 heteroatoms. The zero-order chi connectivity index (χ0) is 24.9. The van der Waals surface area contributed by atoms with Crippen LogP contribution in [0.15, 0.2) is 83.7 Å². The topological polar surface area (TPSA) is 58.8 Å². The summed E-state index contributed by atoms with van der Waals surface area (Å²) < 4.78 is 11.8. The van der Waals surface area contributed by atoms with Gasteiger partial charge in [-0.05, 0) is 42.7 Å². The van der Waals surface area contributed by atoms with Crippen LogP contribution >= 0.6 is 0 Å². The zero-order valence-corrected chi connectivity index (χ0v) is 20.8. The third-order valence-electron chi connectivity index (χ3n) is 6.64. The maximum atomic E-state index is 13.2. The number of carbonyl (C=O) groups is 1. The van der Waals surface area contributed by atoms with Gasteiger partial charge < -0.3 is 14.1 Å². The van der Waals surface area contributed by atoms with E-state index in [-0.39, 0.29) is 5.91 Å². The number of rotatable bonds is 7. The van der Waals surface area contributed by atoms with Gasteiger partial charge in [-0.2, -0.15) is 0 Å². The van der Waals surface area contributed by atoms with Gasteiger partial charge in [0, 0.05) is 73.8 Å². The number of fused-ring (bicyclic) bond motifs is 1.